The molecule has 1 aliphatic heterocycles. The van der Waals surface area contributed by atoms with Crippen molar-refractivity contribution in [3.8, 4) is 5.75 Å². The number of halogens is 1. The van der Waals surface area contributed by atoms with Gasteiger partial charge >= 0.3 is 5.97 Å². The molecular formula is C33H29BrN2O4S. The van der Waals surface area contributed by atoms with Gasteiger partial charge in [-0.25, -0.2) is 9.79 Å². The number of carbonyl (C=O) groups excluding carboxylic acids is 1. The molecule has 3 aromatic carbocycles. The zero-order chi connectivity index (χ0) is 28.9. The van der Waals surface area contributed by atoms with Crippen LogP contribution < -0.4 is 19.6 Å². The molecule has 0 unspecified atom stereocenters. The third-order valence-electron chi connectivity index (χ3n) is 6.82. The van der Waals surface area contributed by atoms with Crippen molar-refractivity contribution >= 4 is 39.3 Å². The van der Waals surface area contributed by atoms with Crippen LogP contribution in [0.3, 0.4) is 0 Å². The zero-order valence-electron chi connectivity index (χ0n) is 22.8. The maximum absolute atomic E-state index is 13.9. The quantitative estimate of drug-likeness (QED) is 0.172. The first-order valence-electron chi connectivity index (χ1n) is 13.2. The second-order valence-corrected chi connectivity index (χ2v) is 11.4. The monoisotopic (exact) mass is 628 g/mol. The van der Waals surface area contributed by atoms with E-state index in [-0.39, 0.29) is 5.56 Å². The molecule has 0 saturated heterocycles. The van der Waals surface area contributed by atoms with Gasteiger partial charge in [-0.05, 0) is 65.4 Å². The number of aromatic nitrogens is 1. The van der Waals surface area contributed by atoms with Crippen molar-refractivity contribution in [2.75, 3.05) is 7.11 Å². The summed E-state index contributed by atoms with van der Waals surface area (Å²) in [5.41, 5.74) is 4.53. The highest BCUT2D eigenvalue weighted by Gasteiger charge is 2.33. The molecule has 4 aromatic rings. The molecule has 208 valence electrons. The van der Waals surface area contributed by atoms with E-state index in [4.69, 9.17) is 14.5 Å². The number of hydrogen-bond donors (Lipinski definition) is 0. The maximum atomic E-state index is 13.9. The summed E-state index contributed by atoms with van der Waals surface area (Å²) in [5.74, 6) is 0.285. The summed E-state index contributed by atoms with van der Waals surface area (Å²) >= 11 is 4.77. The number of nitrogens with zero attached hydrogens (tertiary/aromatic N) is 2. The van der Waals surface area contributed by atoms with Gasteiger partial charge in [-0.3, -0.25) is 9.36 Å². The lowest BCUT2D eigenvalue weighted by Gasteiger charge is -2.25. The van der Waals surface area contributed by atoms with Gasteiger partial charge in [0.05, 0.1) is 29.0 Å². The minimum Gasteiger partial charge on any atom is -0.489 e. The highest BCUT2D eigenvalue weighted by molar-refractivity contribution is 9.10. The highest BCUT2D eigenvalue weighted by atomic mass is 79.9. The fraction of sp³-hybridized carbons (Fsp3) is 0.182. The van der Waals surface area contributed by atoms with Crippen molar-refractivity contribution in [3.63, 3.8) is 0 Å². The summed E-state index contributed by atoms with van der Waals surface area (Å²) in [5, 5.41) is 0. The van der Waals surface area contributed by atoms with Crippen LogP contribution in [0.2, 0.25) is 0 Å². The number of allylic oxidation sites excluding steroid dienone is 2. The van der Waals surface area contributed by atoms with Crippen LogP contribution >= 0.6 is 27.3 Å². The topological polar surface area (TPSA) is 69.9 Å². The molecule has 6 nitrogen and oxygen atoms in total. The number of thiazole rings is 1. The minimum absolute atomic E-state index is 0.208. The van der Waals surface area contributed by atoms with Gasteiger partial charge in [0, 0.05) is 4.47 Å². The largest absolute Gasteiger partial charge is 0.489 e. The standard InChI is InChI=1S/C33H29BrN2O4S/c1-4-9-24-18-22(14-17-27(24)40-20-21-12-15-25(34)16-13-21)19-28-31(37)36-30(23-10-7-6-8-11-23)29(32(38)39-3)26(5-2)35-33(36)41-28/h4,6-8,10-19,30H,1,5,9,20H2,2-3H3/b28-19-/t30-/m0/s1. The molecule has 0 N–H and O–H groups in total. The summed E-state index contributed by atoms with van der Waals surface area (Å²) in [6.45, 7) is 6.29. The van der Waals surface area contributed by atoms with Crippen LogP contribution in [-0.4, -0.2) is 17.6 Å². The number of ether oxygens (including phenoxy) is 2. The highest BCUT2D eigenvalue weighted by Crippen LogP contribution is 2.31. The van der Waals surface area contributed by atoms with Crippen molar-refractivity contribution in [1.29, 1.82) is 0 Å². The minimum atomic E-state index is -0.622. The summed E-state index contributed by atoms with van der Waals surface area (Å²) < 4.78 is 14.4. The van der Waals surface area contributed by atoms with Gasteiger partial charge in [0.2, 0.25) is 0 Å². The molecule has 0 radical (unpaired) electrons. The van der Waals surface area contributed by atoms with E-state index in [1.54, 1.807) is 4.57 Å². The van der Waals surface area contributed by atoms with Crippen molar-refractivity contribution in [2.45, 2.75) is 32.4 Å². The smallest absolute Gasteiger partial charge is 0.338 e. The molecule has 2 heterocycles. The van der Waals surface area contributed by atoms with Crippen LogP contribution in [0, 0.1) is 0 Å². The Kier molecular flexibility index (Phi) is 8.81. The van der Waals surface area contributed by atoms with E-state index in [9.17, 15) is 9.59 Å². The van der Waals surface area contributed by atoms with E-state index in [0.29, 0.717) is 40.1 Å². The van der Waals surface area contributed by atoms with Crippen molar-refractivity contribution in [3.05, 3.63) is 143 Å². The summed E-state index contributed by atoms with van der Waals surface area (Å²) in [6.07, 6.45) is 4.85. The first kappa shape index (κ1) is 28.5. The summed E-state index contributed by atoms with van der Waals surface area (Å²) in [6, 6.07) is 22.8. The number of esters is 1. The Bertz CT molecular complexity index is 1800. The molecule has 0 aliphatic carbocycles. The molecule has 41 heavy (non-hydrogen) atoms. The van der Waals surface area contributed by atoms with Gasteiger partial charge in [0.25, 0.3) is 5.56 Å². The Hall–Kier alpha value is -4.01. The first-order valence-corrected chi connectivity index (χ1v) is 14.8. The molecule has 0 spiro atoms. The lowest BCUT2D eigenvalue weighted by molar-refractivity contribution is -0.136. The molecule has 5 rings (SSSR count). The molecule has 0 bridgehead atoms. The predicted octanol–water partition coefficient (Wildman–Crippen LogP) is 5.87. The van der Waals surface area contributed by atoms with Gasteiger partial charge in [-0.1, -0.05) is 88.8 Å². The molecule has 8 heteroatoms. The fourth-order valence-corrected chi connectivity index (χ4v) is 6.14. The van der Waals surface area contributed by atoms with Crippen molar-refractivity contribution < 1.29 is 14.3 Å². The van der Waals surface area contributed by atoms with E-state index < -0.39 is 12.0 Å². The molecule has 1 aliphatic rings. The van der Waals surface area contributed by atoms with E-state index in [2.05, 4.69) is 22.5 Å². The number of fused-ring (bicyclic) bond motifs is 1. The average molecular weight is 630 g/mol. The van der Waals surface area contributed by atoms with Crippen LogP contribution in [0.25, 0.3) is 6.08 Å². The van der Waals surface area contributed by atoms with Gasteiger partial charge in [0.1, 0.15) is 12.4 Å². The van der Waals surface area contributed by atoms with Gasteiger partial charge in [-0.2, -0.15) is 0 Å². The Labute approximate surface area is 250 Å². The van der Waals surface area contributed by atoms with Crippen LogP contribution in [0.4, 0.5) is 0 Å². The van der Waals surface area contributed by atoms with Crippen LogP contribution in [-0.2, 0) is 22.6 Å². The third kappa shape index (κ3) is 6.04. The van der Waals surface area contributed by atoms with Gasteiger partial charge < -0.3 is 9.47 Å². The Morgan fingerprint density at radius 2 is 1.88 bits per heavy atom. The molecule has 0 fully saturated rings. The van der Waals surface area contributed by atoms with Crippen LogP contribution in [0.15, 0.2) is 111 Å². The summed E-state index contributed by atoms with van der Waals surface area (Å²) in [4.78, 5) is 32.1. The number of rotatable bonds is 9. The maximum Gasteiger partial charge on any atom is 0.338 e. The Balaban J connectivity index is 1.56. The van der Waals surface area contributed by atoms with Gasteiger partial charge in [0.15, 0.2) is 4.80 Å². The third-order valence-corrected chi connectivity index (χ3v) is 8.33. The lowest BCUT2D eigenvalue weighted by Crippen LogP contribution is -2.40. The van der Waals surface area contributed by atoms with E-state index in [1.165, 1.54) is 18.4 Å². The second-order valence-electron chi connectivity index (χ2n) is 9.47. The van der Waals surface area contributed by atoms with E-state index in [0.717, 1.165) is 32.5 Å². The zero-order valence-corrected chi connectivity index (χ0v) is 25.2. The van der Waals surface area contributed by atoms with Crippen LogP contribution in [0.1, 0.15) is 41.6 Å². The second kappa shape index (κ2) is 12.7. The van der Waals surface area contributed by atoms with Crippen molar-refractivity contribution in [2.24, 2.45) is 4.99 Å². The van der Waals surface area contributed by atoms with E-state index >= 15 is 0 Å². The Morgan fingerprint density at radius 1 is 1.12 bits per heavy atom. The number of methoxy groups -OCH3 is 1. The van der Waals surface area contributed by atoms with Crippen LogP contribution in [0.5, 0.6) is 5.75 Å². The average Bonchev–Trinajstić information content (AvgIpc) is 3.30. The van der Waals surface area contributed by atoms with E-state index in [1.807, 2.05) is 91.9 Å². The van der Waals surface area contributed by atoms with Gasteiger partial charge in [-0.15, -0.1) is 6.58 Å². The number of hydrogen-bond acceptors (Lipinski definition) is 6. The summed E-state index contributed by atoms with van der Waals surface area (Å²) in [7, 11) is 1.35. The molecule has 0 amide bonds. The normalized spacial score (nSPS) is 14.8. The van der Waals surface area contributed by atoms with Crippen molar-refractivity contribution in [1.82, 2.24) is 4.57 Å². The Morgan fingerprint density at radius 3 is 2.56 bits per heavy atom. The molecule has 0 saturated carbocycles. The SMILES string of the molecule is C=CCc1cc(/C=c2\sc3n(c2=O)[C@@H](c2ccccc2)C(C(=O)OC)=C(CC)N=3)ccc1OCc1ccc(Br)cc1. The molecule has 1 aromatic heterocycles. The fourth-order valence-electron chi connectivity index (χ4n) is 4.85. The first-order chi connectivity index (χ1) is 19.9. The number of carbonyl (C=O) groups is 1. The molecule has 1 atom stereocenters. The lowest BCUT2D eigenvalue weighted by atomic mass is 9.95. The number of benzene rings is 3. The predicted molar refractivity (Wildman–Crippen MR) is 166 cm³/mol. The molecular weight excluding hydrogens is 600 g/mol.